The first-order valence-electron chi connectivity index (χ1n) is 7.61. The Morgan fingerprint density at radius 1 is 1.26 bits per heavy atom. The summed E-state index contributed by atoms with van der Waals surface area (Å²) < 4.78 is 1.48. The second-order valence-corrected chi connectivity index (χ2v) is 8.47. The molecule has 0 saturated carbocycles. The van der Waals surface area contributed by atoms with Crippen LogP contribution in [0.3, 0.4) is 0 Å². The zero-order valence-corrected chi connectivity index (χ0v) is 16.2. The number of rotatable bonds is 8. The lowest BCUT2D eigenvalue weighted by molar-refractivity contribution is 0.464. The second-order valence-electron chi connectivity index (χ2n) is 7.23. The minimum absolute atomic E-state index is 0.347. The lowest BCUT2D eigenvalue weighted by Gasteiger charge is -2.36. The van der Waals surface area contributed by atoms with Crippen LogP contribution >= 0.6 is 22.6 Å². The Bertz CT molecular complexity index is 313. The van der Waals surface area contributed by atoms with Gasteiger partial charge in [-0.2, -0.15) is 0 Å². The molecule has 0 radical (unpaired) electrons. The van der Waals surface area contributed by atoms with E-state index in [1.165, 1.54) is 22.6 Å². The molecule has 2 heteroatoms. The molecule has 0 aromatic carbocycles. The minimum Gasteiger partial charge on any atom is -0.0961 e. The molecule has 0 rings (SSSR count). The van der Waals surface area contributed by atoms with Crippen molar-refractivity contribution in [3.05, 3.63) is 21.7 Å². The molecular weight excluding hydrogens is 342 g/mol. The average Bonchev–Trinajstić information content (AvgIpc) is 2.22. The summed E-state index contributed by atoms with van der Waals surface area (Å²) in [6.45, 7) is 20.9. The summed E-state index contributed by atoms with van der Waals surface area (Å²) in [6, 6.07) is 0. The molecule has 19 heavy (non-hydrogen) atoms. The van der Waals surface area contributed by atoms with E-state index in [-0.39, 0.29) is 0 Å². The van der Waals surface area contributed by atoms with E-state index in [1.54, 1.807) is 0 Å². The van der Waals surface area contributed by atoms with Crippen LogP contribution in [0.25, 0.3) is 0 Å². The molecule has 0 bridgehead atoms. The van der Waals surface area contributed by atoms with Crippen LogP contribution < -0.4 is 0 Å². The quantitative estimate of drug-likeness (QED) is 0.249. The van der Waals surface area contributed by atoms with Gasteiger partial charge in [0.15, 0.2) is 6.71 Å². The average molecular weight is 374 g/mol. The Labute approximate surface area is 135 Å². The molecule has 0 nitrogen and oxygen atoms in total. The first kappa shape index (κ1) is 19.3. The first-order valence-corrected chi connectivity index (χ1v) is 8.69. The van der Waals surface area contributed by atoms with Gasteiger partial charge in [-0.1, -0.05) is 102 Å². The normalized spacial score (nSPS) is 13.3. The van der Waals surface area contributed by atoms with Crippen molar-refractivity contribution >= 4 is 29.3 Å². The van der Waals surface area contributed by atoms with Gasteiger partial charge in [0.25, 0.3) is 0 Å². The topological polar surface area (TPSA) is 0 Å². The van der Waals surface area contributed by atoms with Crippen molar-refractivity contribution < 1.29 is 0 Å². The van der Waals surface area contributed by atoms with Gasteiger partial charge in [0.05, 0.1) is 0 Å². The van der Waals surface area contributed by atoms with E-state index in [2.05, 4.69) is 83.7 Å². The molecule has 0 atom stereocenters. The van der Waals surface area contributed by atoms with E-state index in [4.69, 9.17) is 0 Å². The summed E-state index contributed by atoms with van der Waals surface area (Å²) in [5.74, 6) is 1.51. The molecule has 0 amide bonds. The summed E-state index contributed by atoms with van der Waals surface area (Å²) in [7, 11) is 0. The van der Waals surface area contributed by atoms with E-state index >= 15 is 0 Å². The Hall–Kier alpha value is 0.275. The van der Waals surface area contributed by atoms with Gasteiger partial charge in [-0.25, -0.2) is 0 Å². The van der Waals surface area contributed by atoms with Crippen LogP contribution in [0.4, 0.5) is 0 Å². The SMILES string of the molecule is C=C(C)/C=C(\I)B(CCCC(C)C)C(C)(C)C(C)C. The van der Waals surface area contributed by atoms with Gasteiger partial charge in [0, 0.05) is 0 Å². The van der Waals surface area contributed by atoms with Crippen molar-refractivity contribution in [1.29, 1.82) is 0 Å². The van der Waals surface area contributed by atoms with Crippen molar-refractivity contribution in [2.75, 3.05) is 0 Å². The molecule has 0 aromatic heterocycles. The largest absolute Gasteiger partial charge is 0.190 e. The highest BCUT2D eigenvalue weighted by Crippen LogP contribution is 2.44. The Morgan fingerprint density at radius 3 is 2.16 bits per heavy atom. The highest BCUT2D eigenvalue weighted by molar-refractivity contribution is 14.1. The summed E-state index contributed by atoms with van der Waals surface area (Å²) in [6.07, 6.45) is 6.23. The van der Waals surface area contributed by atoms with E-state index in [1.807, 2.05) is 0 Å². The van der Waals surface area contributed by atoms with E-state index in [0.717, 1.165) is 11.5 Å². The molecule has 0 fully saturated rings. The number of hydrogen-bond acceptors (Lipinski definition) is 0. The number of allylic oxidation sites excluding steroid dienone is 2. The third kappa shape index (κ3) is 7.01. The fraction of sp³-hybridized carbons (Fsp3) is 0.765. The summed E-state index contributed by atoms with van der Waals surface area (Å²) in [4.78, 5) is 0. The fourth-order valence-electron chi connectivity index (χ4n) is 2.33. The maximum Gasteiger partial charge on any atom is 0.190 e. The van der Waals surface area contributed by atoms with Crippen LogP contribution in [-0.2, 0) is 0 Å². The summed E-state index contributed by atoms with van der Waals surface area (Å²) >= 11 is 2.53. The maximum atomic E-state index is 4.03. The van der Waals surface area contributed by atoms with Crippen LogP contribution in [0.5, 0.6) is 0 Å². The Balaban J connectivity index is 4.99. The van der Waals surface area contributed by atoms with E-state index in [9.17, 15) is 0 Å². The number of hydrogen-bond donors (Lipinski definition) is 0. The van der Waals surface area contributed by atoms with Crippen molar-refractivity contribution in [2.45, 2.75) is 72.9 Å². The lowest BCUT2D eigenvalue weighted by Crippen LogP contribution is -2.33. The van der Waals surface area contributed by atoms with Crippen LogP contribution in [-0.4, -0.2) is 6.71 Å². The third-order valence-corrected chi connectivity index (χ3v) is 5.44. The monoisotopic (exact) mass is 374 g/mol. The van der Waals surface area contributed by atoms with E-state index in [0.29, 0.717) is 17.9 Å². The van der Waals surface area contributed by atoms with Gasteiger partial charge in [0.1, 0.15) is 0 Å². The predicted octanol–water partition coefficient (Wildman–Crippen LogP) is 6.79. The number of halogens is 1. The van der Waals surface area contributed by atoms with Gasteiger partial charge in [-0.15, -0.1) is 0 Å². The smallest absolute Gasteiger partial charge is 0.0961 e. The van der Waals surface area contributed by atoms with Crippen molar-refractivity contribution in [3.8, 4) is 0 Å². The second kappa shape index (κ2) is 8.54. The Kier molecular flexibility index (Phi) is 8.66. The van der Waals surface area contributed by atoms with Crippen LogP contribution in [0.15, 0.2) is 21.7 Å². The summed E-state index contributed by atoms with van der Waals surface area (Å²) in [5.41, 5.74) is 1.16. The van der Waals surface area contributed by atoms with Crippen LogP contribution in [0.1, 0.15) is 61.3 Å². The minimum atomic E-state index is 0.347. The predicted molar refractivity (Wildman–Crippen MR) is 100 cm³/mol. The van der Waals surface area contributed by atoms with Crippen molar-refractivity contribution in [1.82, 2.24) is 0 Å². The molecule has 110 valence electrons. The molecule has 0 heterocycles. The van der Waals surface area contributed by atoms with Crippen LogP contribution in [0.2, 0.25) is 11.6 Å². The standard InChI is InChI=1S/C17H32BI/c1-13(2)10-9-11-18(16(19)12-14(3)4)17(7,8)15(5)6/h12-13,15H,3,9-11H2,1-2,4-8H3/b16-12-. The molecule has 0 aliphatic rings. The van der Waals surface area contributed by atoms with Gasteiger partial charge in [-0.3, -0.25) is 0 Å². The third-order valence-electron chi connectivity index (χ3n) is 4.38. The van der Waals surface area contributed by atoms with Gasteiger partial charge >= 0.3 is 0 Å². The molecule has 0 aliphatic carbocycles. The van der Waals surface area contributed by atoms with Crippen LogP contribution in [0, 0.1) is 11.8 Å². The van der Waals surface area contributed by atoms with Crippen molar-refractivity contribution in [2.24, 2.45) is 11.8 Å². The maximum absolute atomic E-state index is 4.03. The molecule has 0 aromatic rings. The molecule has 0 unspecified atom stereocenters. The fourth-order valence-corrected chi connectivity index (χ4v) is 3.98. The van der Waals surface area contributed by atoms with E-state index < -0.39 is 0 Å². The van der Waals surface area contributed by atoms with Gasteiger partial charge in [0.2, 0.25) is 0 Å². The highest BCUT2D eigenvalue weighted by Gasteiger charge is 2.37. The summed E-state index contributed by atoms with van der Waals surface area (Å²) in [5, 5.41) is 0.347. The first-order chi connectivity index (χ1) is 8.59. The molecule has 0 saturated heterocycles. The lowest BCUT2D eigenvalue weighted by atomic mass is 9.29. The molecule has 0 N–H and O–H groups in total. The molecule has 0 spiro atoms. The van der Waals surface area contributed by atoms with Gasteiger partial charge < -0.3 is 0 Å². The molecule has 0 aliphatic heterocycles. The zero-order chi connectivity index (χ0) is 15.2. The highest BCUT2D eigenvalue weighted by atomic mass is 127. The molecular formula is C17H32BI. The van der Waals surface area contributed by atoms with Crippen molar-refractivity contribution in [3.63, 3.8) is 0 Å². The Morgan fingerprint density at radius 2 is 1.79 bits per heavy atom. The zero-order valence-electron chi connectivity index (χ0n) is 14.0. The van der Waals surface area contributed by atoms with Gasteiger partial charge in [-0.05, 0) is 27.6 Å².